The van der Waals surface area contributed by atoms with E-state index >= 15 is 0 Å². The summed E-state index contributed by atoms with van der Waals surface area (Å²) in [5.41, 5.74) is 2.75. The summed E-state index contributed by atoms with van der Waals surface area (Å²) in [7, 11) is 0. The fourth-order valence-electron chi connectivity index (χ4n) is 4.37. The molecule has 0 atom stereocenters. The summed E-state index contributed by atoms with van der Waals surface area (Å²) in [5.74, 6) is 0. The lowest BCUT2D eigenvalue weighted by Crippen LogP contribution is -1.97. The van der Waals surface area contributed by atoms with Crippen LogP contribution < -0.4 is 10.4 Å². The maximum atomic E-state index is 2.36. The maximum Gasteiger partial charge on any atom is -0.00201 e. The molecule has 24 heavy (non-hydrogen) atoms. The van der Waals surface area contributed by atoms with Crippen LogP contribution >= 0.6 is 0 Å². The Kier molecular flexibility index (Phi) is 2.18. The summed E-state index contributed by atoms with van der Waals surface area (Å²) in [4.78, 5) is 0. The molecule has 0 aromatic heterocycles. The lowest BCUT2D eigenvalue weighted by Gasteiger charge is -2.06. The number of hydrogen-bond acceptors (Lipinski definition) is 0. The van der Waals surface area contributed by atoms with E-state index in [1.165, 1.54) is 53.2 Å². The Morgan fingerprint density at radius 1 is 0.417 bits per heavy atom. The zero-order valence-electron chi connectivity index (χ0n) is 13.1. The van der Waals surface area contributed by atoms with Crippen molar-refractivity contribution in [3.05, 3.63) is 115 Å². The van der Waals surface area contributed by atoms with Crippen LogP contribution in [0.15, 0.2) is 72.8 Å². The number of hydrogen-bond donors (Lipinski definition) is 0. The van der Waals surface area contributed by atoms with E-state index in [0.29, 0.717) is 0 Å². The molecule has 0 bridgehead atoms. The second-order valence-electron chi connectivity index (χ2n) is 6.59. The quantitative estimate of drug-likeness (QED) is 0.401. The van der Waals surface area contributed by atoms with E-state index in [1.807, 2.05) is 0 Å². The summed E-state index contributed by atoms with van der Waals surface area (Å²) in [5, 5.41) is 10.9. The fourth-order valence-corrected chi connectivity index (χ4v) is 4.37. The first-order valence-electron chi connectivity index (χ1n) is 8.39. The van der Waals surface area contributed by atoms with Crippen molar-refractivity contribution in [2.24, 2.45) is 0 Å². The molecule has 0 radical (unpaired) electrons. The summed E-state index contributed by atoms with van der Waals surface area (Å²) in [6.07, 6.45) is 4.72. The predicted molar refractivity (Wildman–Crippen MR) is 98.6 cm³/mol. The van der Waals surface area contributed by atoms with Gasteiger partial charge in [0, 0.05) is 0 Å². The van der Waals surface area contributed by atoms with Crippen molar-refractivity contribution in [3.8, 4) is 0 Å². The predicted octanol–water partition coefficient (Wildman–Crippen LogP) is 3.70. The van der Waals surface area contributed by atoms with Gasteiger partial charge in [-0.05, 0) is 65.4 Å². The Bertz CT molecular complexity index is 1370. The van der Waals surface area contributed by atoms with E-state index in [-0.39, 0.29) is 0 Å². The minimum Gasteiger partial charge on any atom is -0.0616 e. The van der Waals surface area contributed by atoms with Crippen LogP contribution in [0, 0.1) is 20.9 Å². The number of fused-ring (bicyclic) bond motifs is 8. The van der Waals surface area contributed by atoms with Crippen LogP contribution in [0.5, 0.6) is 0 Å². The number of benzene rings is 4. The van der Waals surface area contributed by atoms with Crippen molar-refractivity contribution in [2.45, 2.75) is 0 Å². The molecule has 0 saturated carbocycles. The molecule has 6 rings (SSSR count). The highest BCUT2D eigenvalue weighted by atomic mass is 14.2. The van der Waals surface area contributed by atoms with Gasteiger partial charge in [0.1, 0.15) is 0 Å². The van der Waals surface area contributed by atoms with Gasteiger partial charge in [0.25, 0.3) is 0 Å². The second kappa shape index (κ2) is 4.24. The van der Waals surface area contributed by atoms with Gasteiger partial charge in [-0.25, -0.2) is 0 Å². The van der Waals surface area contributed by atoms with Gasteiger partial charge in [-0.15, -0.1) is 0 Å². The molecule has 0 heteroatoms. The van der Waals surface area contributed by atoms with Crippen LogP contribution in [-0.4, -0.2) is 0 Å². The van der Waals surface area contributed by atoms with Crippen LogP contribution in [0.3, 0.4) is 0 Å². The molecule has 0 aliphatic heterocycles. The minimum atomic E-state index is 1.33. The van der Waals surface area contributed by atoms with Gasteiger partial charge in [0.2, 0.25) is 0 Å². The first-order chi connectivity index (χ1) is 11.9. The second-order valence-corrected chi connectivity index (χ2v) is 6.59. The average Bonchev–Trinajstić information content (AvgIpc) is 3.21. The average molecular weight is 302 g/mol. The third-order valence-corrected chi connectivity index (χ3v) is 5.35. The Hall–Kier alpha value is -3.12. The summed E-state index contributed by atoms with van der Waals surface area (Å²) in [6, 6.07) is 26.3. The van der Waals surface area contributed by atoms with Gasteiger partial charge >= 0.3 is 0 Å². The van der Waals surface area contributed by atoms with Crippen LogP contribution in [0.25, 0.3) is 22.9 Å². The van der Waals surface area contributed by atoms with Crippen LogP contribution in [0.1, 0.15) is 11.1 Å². The molecule has 0 N–H and O–H groups in total. The molecular weight excluding hydrogens is 288 g/mol. The van der Waals surface area contributed by atoms with Crippen molar-refractivity contribution in [2.75, 3.05) is 0 Å². The molecule has 2 aliphatic carbocycles. The van der Waals surface area contributed by atoms with Crippen molar-refractivity contribution >= 4 is 22.9 Å². The summed E-state index contributed by atoms with van der Waals surface area (Å²) < 4.78 is 0. The zero-order valence-corrected chi connectivity index (χ0v) is 13.1. The Morgan fingerprint density at radius 2 is 0.833 bits per heavy atom. The Balaban J connectivity index is 2.09. The van der Waals surface area contributed by atoms with E-state index in [1.54, 1.807) is 0 Å². The van der Waals surface area contributed by atoms with E-state index in [2.05, 4.69) is 84.9 Å². The maximum absolute atomic E-state index is 2.36. The SMILES string of the molecule is C1=c2ccccc2=c2c1c1c(c3ccccc23)=c2ccccc2=C1. The molecule has 0 unspecified atom stereocenters. The van der Waals surface area contributed by atoms with E-state index < -0.39 is 0 Å². The van der Waals surface area contributed by atoms with E-state index in [9.17, 15) is 0 Å². The molecule has 0 fully saturated rings. The zero-order chi connectivity index (χ0) is 15.7. The highest BCUT2D eigenvalue weighted by Crippen LogP contribution is 2.29. The summed E-state index contributed by atoms with van der Waals surface area (Å²) >= 11 is 0. The first-order valence-corrected chi connectivity index (χ1v) is 8.39. The third kappa shape index (κ3) is 1.39. The Morgan fingerprint density at radius 3 is 1.33 bits per heavy atom. The summed E-state index contributed by atoms with van der Waals surface area (Å²) in [6.45, 7) is 0. The minimum absolute atomic E-state index is 1.33. The van der Waals surface area contributed by atoms with Gasteiger partial charge in [-0.1, -0.05) is 72.8 Å². The van der Waals surface area contributed by atoms with Gasteiger partial charge in [-0.2, -0.15) is 0 Å². The van der Waals surface area contributed by atoms with Crippen LogP contribution in [-0.2, 0) is 0 Å². The fraction of sp³-hybridized carbons (Fsp3) is 0. The normalized spacial score (nSPS) is 12.8. The van der Waals surface area contributed by atoms with Crippen molar-refractivity contribution in [1.29, 1.82) is 0 Å². The third-order valence-electron chi connectivity index (χ3n) is 5.35. The molecule has 0 heterocycles. The Labute approximate surface area is 138 Å². The molecule has 4 aromatic rings. The van der Waals surface area contributed by atoms with Gasteiger partial charge < -0.3 is 0 Å². The number of rotatable bonds is 0. The van der Waals surface area contributed by atoms with Crippen molar-refractivity contribution in [3.63, 3.8) is 0 Å². The van der Waals surface area contributed by atoms with Crippen LogP contribution in [0.2, 0.25) is 0 Å². The first kappa shape index (κ1) is 12.3. The van der Waals surface area contributed by atoms with Crippen molar-refractivity contribution in [1.82, 2.24) is 0 Å². The lowest BCUT2D eigenvalue weighted by molar-refractivity contribution is 1.48. The van der Waals surface area contributed by atoms with Crippen molar-refractivity contribution < 1.29 is 0 Å². The smallest absolute Gasteiger partial charge is 0.00201 e. The van der Waals surface area contributed by atoms with Gasteiger partial charge in [0.15, 0.2) is 0 Å². The molecule has 110 valence electrons. The van der Waals surface area contributed by atoms with Crippen LogP contribution in [0.4, 0.5) is 0 Å². The highest BCUT2D eigenvalue weighted by Gasteiger charge is 2.15. The van der Waals surface area contributed by atoms with Gasteiger partial charge in [-0.3, -0.25) is 0 Å². The van der Waals surface area contributed by atoms with E-state index in [0.717, 1.165) is 0 Å². The van der Waals surface area contributed by atoms with E-state index in [4.69, 9.17) is 0 Å². The molecule has 0 spiro atoms. The highest BCUT2D eigenvalue weighted by molar-refractivity contribution is 5.92. The molecule has 0 nitrogen and oxygen atoms in total. The molecule has 0 saturated heterocycles. The standard InChI is InChI=1S/C24H14/c1-3-9-17-15(7-1)13-21-22-14-16-8-2-4-10-18(16)24(22)20-12-6-5-11-19(20)23(17)21/h1-14H. The molecule has 2 aliphatic rings. The monoisotopic (exact) mass is 302 g/mol. The lowest BCUT2D eigenvalue weighted by atomic mass is 9.96. The van der Waals surface area contributed by atoms with Gasteiger partial charge in [0.05, 0.1) is 0 Å². The molecule has 0 amide bonds. The largest absolute Gasteiger partial charge is 0.0616 e. The molecular formula is C24H14. The topological polar surface area (TPSA) is 0 Å². The molecule has 4 aromatic carbocycles.